The number of nitrogens with one attached hydrogen (secondary N) is 1. The number of nitrogens with zero attached hydrogens (tertiary/aromatic N) is 2. The molecule has 2 rings (SSSR count). The Balaban J connectivity index is 2.16. The molecule has 0 amide bonds. The number of hydrogen-bond acceptors (Lipinski definition) is 5. The fourth-order valence-electron chi connectivity index (χ4n) is 1.77. The lowest BCUT2D eigenvalue weighted by Gasteiger charge is -2.10. The first-order chi connectivity index (χ1) is 11.5. The highest BCUT2D eigenvalue weighted by Crippen LogP contribution is 2.33. The number of rotatable bonds is 6. The molecule has 0 unspecified atom stereocenters. The van der Waals surface area contributed by atoms with Gasteiger partial charge < -0.3 is 9.47 Å². The first-order valence-corrected chi connectivity index (χ1v) is 8.21. The summed E-state index contributed by atoms with van der Waals surface area (Å²) in [6, 6.07) is 10.5. The molecule has 0 fully saturated rings. The van der Waals surface area contributed by atoms with Gasteiger partial charge >= 0.3 is 0 Å². The van der Waals surface area contributed by atoms with Crippen molar-refractivity contribution in [3.05, 3.63) is 50.4 Å². The fraction of sp³-hybridized carbons (Fsp3) is 0.125. The molecule has 2 aromatic carbocycles. The van der Waals surface area contributed by atoms with Gasteiger partial charge in [0.1, 0.15) is 6.07 Å². The van der Waals surface area contributed by atoms with Crippen LogP contribution < -0.4 is 14.9 Å². The number of hydrazone groups is 1. The number of hydrogen-bond donors (Lipinski definition) is 1. The summed E-state index contributed by atoms with van der Waals surface area (Å²) < 4.78 is 11.3. The van der Waals surface area contributed by atoms with E-state index in [9.17, 15) is 0 Å². The summed E-state index contributed by atoms with van der Waals surface area (Å²) in [4.78, 5) is 0. The van der Waals surface area contributed by atoms with Crippen molar-refractivity contribution in [2.45, 2.75) is 0 Å². The molecule has 5 nitrogen and oxygen atoms in total. The van der Waals surface area contributed by atoms with Gasteiger partial charge in [0.2, 0.25) is 0 Å². The molecule has 8 heteroatoms. The van der Waals surface area contributed by atoms with Gasteiger partial charge in [-0.2, -0.15) is 10.4 Å². The lowest BCUT2D eigenvalue weighted by Crippen LogP contribution is -1.99. The number of benzene rings is 2. The standard InChI is InChI=1S/C16H12BrCl2N3O2/c1-23-15-6-10(12(17)8-16(15)24-5-4-20)9-21-22-11-2-3-13(18)14(19)7-11/h2-3,6-9,22H,5H2,1H3/b21-9-. The van der Waals surface area contributed by atoms with Crippen molar-refractivity contribution in [2.75, 3.05) is 19.1 Å². The second-order valence-electron chi connectivity index (χ2n) is 4.47. The lowest BCUT2D eigenvalue weighted by atomic mass is 10.2. The van der Waals surface area contributed by atoms with E-state index in [0.717, 1.165) is 10.0 Å². The molecule has 0 bridgehead atoms. The smallest absolute Gasteiger partial charge is 0.174 e. The first-order valence-electron chi connectivity index (χ1n) is 6.66. The van der Waals surface area contributed by atoms with Gasteiger partial charge in [0.15, 0.2) is 18.1 Å². The van der Waals surface area contributed by atoms with E-state index in [-0.39, 0.29) is 6.61 Å². The van der Waals surface area contributed by atoms with Gasteiger partial charge in [-0.25, -0.2) is 0 Å². The van der Waals surface area contributed by atoms with Crippen LogP contribution >= 0.6 is 39.1 Å². The summed E-state index contributed by atoms with van der Waals surface area (Å²) in [6.45, 7) is -0.0604. The maximum Gasteiger partial charge on any atom is 0.174 e. The third-order valence-electron chi connectivity index (χ3n) is 2.89. The van der Waals surface area contributed by atoms with Crippen molar-refractivity contribution in [1.82, 2.24) is 0 Å². The molecular weight excluding hydrogens is 417 g/mol. The van der Waals surface area contributed by atoms with Crippen LogP contribution in [0.25, 0.3) is 0 Å². The summed E-state index contributed by atoms with van der Waals surface area (Å²) in [5.41, 5.74) is 4.34. The Hall–Kier alpha value is -1.94. The molecule has 0 radical (unpaired) electrons. The van der Waals surface area contributed by atoms with Crippen molar-refractivity contribution in [3.63, 3.8) is 0 Å². The second kappa shape index (κ2) is 8.78. The van der Waals surface area contributed by atoms with Crippen molar-refractivity contribution in [3.8, 4) is 17.6 Å². The molecule has 2 aromatic rings. The highest BCUT2D eigenvalue weighted by molar-refractivity contribution is 9.10. The van der Waals surface area contributed by atoms with Gasteiger partial charge in [-0.15, -0.1) is 0 Å². The third kappa shape index (κ3) is 4.78. The number of ether oxygens (including phenoxy) is 2. The zero-order valence-electron chi connectivity index (χ0n) is 12.5. The molecule has 0 aromatic heterocycles. The summed E-state index contributed by atoms with van der Waals surface area (Å²) in [6.07, 6.45) is 1.61. The molecule has 0 saturated heterocycles. The maximum absolute atomic E-state index is 8.60. The average Bonchev–Trinajstić information content (AvgIpc) is 2.57. The molecule has 0 spiro atoms. The Morgan fingerprint density at radius 1 is 1.25 bits per heavy atom. The topological polar surface area (TPSA) is 66.6 Å². The zero-order chi connectivity index (χ0) is 17.5. The molecular formula is C16H12BrCl2N3O2. The van der Waals surface area contributed by atoms with E-state index >= 15 is 0 Å². The quantitative estimate of drug-likeness (QED) is 0.512. The number of nitriles is 1. The maximum atomic E-state index is 8.60. The van der Waals surface area contributed by atoms with Gasteiger partial charge in [-0.05, 0) is 46.3 Å². The molecule has 0 aliphatic rings. The first kappa shape index (κ1) is 18.4. The van der Waals surface area contributed by atoms with Crippen molar-refractivity contribution in [1.29, 1.82) is 5.26 Å². The van der Waals surface area contributed by atoms with E-state index in [4.69, 9.17) is 37.9 Å². The number of anilines is 1. The minimum atomic E-state index is -0.0604. The fourth-order valence-corrected chi connectivity index (χ4v) is 2.50. The Labute approximate surface area is 157 Å². The van der Waals surface area contributed by atoms with Gasteiger partial charge in [0, 0.05) is 10.0 Å². The summed E-state index contributed by atoms with van der Waals surface area (Å²) in [7, 11) is 1.53. The second-order valence-corrected chi connectivity index (χ2v) is 6.14. The van der Waals surface area contributed by atoms with Gasteiger partial charge in [0.05, 0.1) is 29.1 Å². The molecule has 0 saturated carbocycles. The van der Waals surface area contributed by atoms with E-state index in [1.807, 2.05) is 6.07 Å². The van der Waals surface area contributed by atoms with Crippen LogP contribution in [0.1, 0.15) is 5.56 Å². The van der Waals surface area contributed by atoms with Crippen LogP contribution in [0, 0.1) is 11.3 Å². The minimum Gasteiger partial charge on any atom is -0.493 e. The van der Waals surface area contributed by atoms with Crippen LogP contribution in [-0.2, 0) is 0 Å². The summed E-state index contributed by atoms with van der Waals surface area (Å²) >= 11 is 15.2. The molecule has 0 aliphatic carbocycles. The van der Waals surface area contributed by atoms with Gasteiger partial charge in [0.25, 0.3) is 0 Å². The Morgan fingerprint density at radius 3 is 2.71 bits per heavy atom. The van der Waals surface area contributed by atoms with Crippen LogP contribution in [0.3, 0.4) is 0 Å². The van der Waals surface area contributed by atoms with Crippen LogP contribution in [0.4, 0.5) is 5.69 Å². The largest absolute Gasteiger partial charge is 0.493 e. The number of halogens is 3. The van der Waals surface area contributed by atoms with E-state index < -0.39 is 0 Å². The lowest BCUT2D eigenvalue weighted by molar-refractivity contribution is 0.329. The predicted octanol–water partition coefficient (Wildman–Crippen LogP) is 5.11. The summed E-state index contributed by atoms with van der Waals surface area (Å²) in [5.74, 6) is 0.977. The Morgan fingerprint density at radius 2 is 2.04 bits per heavy atom. The van der Waals surface area contributed by atoms with E-state index in [0.29, 0.717) is 27.2 Å². The van der Waals surface area contributed by atoms with Gasteiger partial charge in [-0.3, -0.25) is 5.43 Å². The monoisotopic (exact) mass is 427 g/mol. The molecule has 1 N–H and O–H groups in total. The van der Waals surface area contributed by atoms with Crippen LogP contribution in [-0.4, -0.2) is 19.9 Å². The average molecular weight is 429 g/mol. The highest BCUT2D eigenvalue weighted by atomic mass is 79.9. The molecule has 0 atom stereocenters. The van der Waals surface area contributed by atoms with Crippen LogP contribution in [0.15, 0.2) is 39.9 Å². The highest BCUT2D eigenvalue weighted by Gasteiger charge is 2.09. The molecule has 124 valence electrons. The van der Waals surface area contributed by atoms with Crippen molar-refractivity contribution in [2.24, 2.45) is 5.10 Å². The SMILES string of the molecule is COc1cc(/C=N\Nc2ccc(Cl)c(Cl)c2)c(Br)cc1OCC#N. The van der Waals surface area contributed by atoms with E-state index in [1.165, 1.54) is 7.11 Å². The van der Waals surface area contributed by atoms with Crippen molar-refractivity contribution >= 4 is 51.0 Å². The van der Waals surface area contributed by atoms with Gasteiger partial charge in [-0.1, -0.05) is 23.2 Å². The Kier molecular flexibility index (Phi) is 6.73. The molecule has 0 aliphatic heterocycles. The Bertz CT molecular complexity index is 807. The summed E-state index contributed by atoms with van der Waals surface area (Å²) in [5, 5.41) is 13.7. The van der Waals surface area contributed by atoms with Crippen LogP contribution in [0.5, 0.6) is 11.5 Å². The number of methoxy groups -OCH3 is 1. The van der Waals surface area contributed by atoms with E-state index in [1.54, 1.807) is 36.5 Å². The third-order valence-corrected chi connectivity index (χ3v) is 4.32. The van der Waals surface area contributed by atoms with Crippen molar-refractivity contribution < 1.29 is 9.47 Å². The minimum absolute atomic E-state index is 0.0604. The molecule has 24 heavy (non-hydrogen) atoms. The normalized spacial score (nSPS) is 10.5. The zero-order valence-corrected chi connectivity index (χ0v) is 15.6. The van der Waals surface area contributed by atoms with E-state index in [2.05, 4.69) is 26.5 Å². The van der Waals surface area contributed by atoms with Crippen LogP contribution in [0.2, 0.25) is 10.0 Å². The predicted molar refractivity (Wildman–Crippen MR) is 99.5 cm³/mol. The molecule has 0 heterocycles.